The van der Waals surface area contributed by atoms with Crippen LogP contribution in [0.25, 0.3) is 0 Å². The molecule has 2 aromatic carbocycles. The van der Waals surface area contributed by atoms with Gasteiger partial charge in [-0.3, -0.25) is 0 Å². The first-order chi connectivity index (χ1) is 11.3. The van der Waals surface area contributed by atoms with Crippen molar-refractivity contribution in [3.8, 4) is 5.75 Å². The zero-order chi connectivity index (χ0) is 16.1. The zero-order valence-electron chi connectivity index (χ0n) is 13.4. The molecule has 1 aliphatic rings. The molecule has 0 radical (unpaired) electrons. The molecule has 1 heterocycles. The van der Waals surface area contributed by atoms with Crippen LogP contribution in [-0.2, 0) is 6.54 Å². The molecule has 0 spiro atoms. The molecule has 0 aliphatic carbocycles. The van der Waals surface area contributed by atoms with E-state index in [-0.39, 0.29) is 11.9 Å². The molecule has 3 rings (SSSR count). The molecule has 122 valence electrons. The quantitative estimate of drug-likeness (QED) is 0.887. The number of hydrogen-bond acceptors (Lipinski definition) is 3. The molecule has 2 aromatic rings. The summed E-state index contributed by atoms with van der Waals surface area (Å²) in [5.41, 5.74) is 2.28. The summed E-state index contributed by atoms with van der Waals surface area (Å²) < 4.78 is 18.6. The van der Waals surface area contributed by atoms with Gasteiger partial charge in [0.25, 0.3) is 0 Å². The zero-order valence-corrected chi connectivity index (χ0v) is 13.4. The molecule has 1 saturated heterocycles. The highest BCUT2D eigenvalue weighted by atomic mass is 19.1. The molecule has 1 fully saturated rings. The lowest BCUT2D eigenvalue weighted by molar-refractivity contribution is 0.302. The molecule has 2 N–H and O–H groups in total. The Labute approximate surface area is 136 Å². The van der Waals surface area contributed by atoms with Crippen molar-refractivity contribution in [3.63, 3.8) is 0 Å². The molecule has 2 atom stereocenters. The molecule has 4 heteroatoms. The third-order valence-corrected chi connectivity index (χ3v) is 4.43. The van der Waals surface area contributed by atoms with Crippen LogP contribution in [0.4, 0.5) is 4.39 Å². The Morgan fingerprint density at radius 2 is 1.96 bits per heavy atom. The van der Waals surface area contributed by atoms with Crippen LogP contribution in [0.2, 0.25) is 0 Å². The van der Waals surface area contributed by atoms with Gasteiger partial charge in [0.15, 0.2) is 0 Å². The Kier molecular flexibility index (Phi) is 5.26. The number of hydrogen-bond donors (Lipinski definition) is 2. The number of methoxy groups -OCH3 is 1. The second kappa shape index (κ2) is 7.57. The van der Waals surface area contributed by atoms with E-state index in [1.807, 2.05) is 30.3 Å². The van der Waals surface area contributed by atoms with Crippen molar-refractivity contribution in [1.29, 1.82) is 0 Å². The molecule has 3 nitrogen and oxygen atoms in total. The average Bonchev–Trinajstić information content (AvgIpc) is 2.61. The second-order valence-corrected chi connectivity index (χ2v) is 5.92. The van der Waals surface area contributed by atoms with Crippen LogP contribution >= 0.6 is 0 Å². The summed E-state index contributed by atoms with van der Waals surface area (Å²) in [6.07, 6.45) is 2.24. The number of halogens is 1. The topological polar surface area (TPSA) is 33.3 Å². The average molecular weight is 314 g/mol. The van der Waals surface area contributed by atoms with Crippen LogP contribution in [0.15, 0.2) is 48.5 Å². The van der Waals surface area contributed by atoms with Crippen molar-refractivity contribution in [3.05, 3.63) is 65.5 Å². The van der Waals surface area contributed by atoms with Gasteiger partial charge in [-0.15, -0.1) is 0 Å². The monoisotopic (exact) mass is 314 g/mol. The maximum Gasteiger partial charge on any atom is 0.123 e. The van der Waals surface area contributed by atoms with Crippen molar-refractivity contribution < 1.29 is 9.13 Å². The molecule has 0 amide bonds. The summed E-state index contributed by atoms with van der Waals surface area (Å²) >= 11 is 0. The van der Waals surface area contributed by atoms with E-state index in [9.17, 15) is 4.39 Å². The van der Waals surface area contributed by atoms with Crippen molar-refractivity contribution >= 4 is 0 Å². The van der Waals surface area contributed by atoms with E-state index < -0.39 is 0 Å². The minimum absolute atomic E-state index is 0.192. The maximum atomic E-state index is 13.2. The predicted molar refractivity (Wildman–Crippen MR) is 90.0 cm³/mol. The van der Waals surface area contributed by atoms with E-state index in [1.54, 1.807) is 7.11 Å². The van der Waals surface area contributed by atoms with E-state index >= 15 is 0 Å². The fraction of sp³-hybridized carbons (Fsp3) is 0.368. The van der Waals surface area contributed by atoms with Gasteiger partial charge in [0.05, 0.1) is 7.11 Å². The Morgan fingerprint density at radius 3 is 2.74 bits per heavy atom. The van der Waals surface area contributed by atoms with Crippen LogP contribution in [0.1, 0.15) is 30.0 Å². The van der Waals surface area contributed by atoms with Gasteiger partial charge in [-0.05, 0) is 43.1 Å². The Morgan fingerprint density at radius 1 is 1.17 bits per heavy atom. The first kappa shape index (κ1) is 16.0. The predicted octanol–water partition coefficient (Wildman–Crippen LogP) is 3.42. The largest absolute Gasteiger partial charge is 0.496 e. The molecule has 23 heavy (non-hydrogen) atoms. The van der Waals surface area contributed by atoms with E-state index in [4.69, 9.17) is 4.74 Å². The number of benzene rings is 2. The first-order valence-electron chi connectivity index (χ1n) is 8.12. The van der Waals surface area contributed by atoms with Crippen LogP contribution in [0, 0.1) is 5.82 Å². The second-order valence-electron chi connectivity index (χ2n) is 5.92. The number of nitrogens with one attached hydrogen (secondary N) is 2. The standard InChI is InChI=1S/C19H23FN2O/c1-23-18-7-3-2-5-15(18)13-22-17-6-4-12-21-19(17)14-8-10-16(20)11-9-14/h2-3,5,7-11,17,19,21-22H,4,6,12-13H2,1H3/t17-,19-/m1/s1. The molecule has 0 unspecified atom stereocenters. The highest BCUT2D eigenvalue weighted by Gasteiger charge is 2.25. The fourth-order valence-corrected chi connectivity index (χ4v) is 3.22. The number of rotatable bonds is 5. The van der Waals surface area contributed by atoms with Crippen molar-refractivity contribution in [2.24, 2.45) is 0 Å². The normalized spacial score (nSPS) is 21.1. The molecule has 1 aliphatic heterocycles. The van der Waals surface area contributed by atoms with E-state index in [2.05, 4.69) is 16.7 Å². The number of para-hydroxylation sites is 1. The smallest absolute Gasteiger partial charge is 0.123 e. The van der Waals surface area contributed by atoms with Crippen molar-refractivity contribution in [2.75, 3.05) is 13.7 Å². The van der Waals surface area contributed by atoms with Gasteiger partial charge in [-0.25, -0.2) is 4.39 Å². The third-order valence-electron chi connectivity index (χ3n) is 4.43. The van der Waals surface area contributed by atoms with Crippen molar-refractivity contribution in [2.45, 2.75) is 31.5 Å². The summed E-state index contributed by atoms with van der Waals surface area (Å²) in [4.78, 5) is 0. The van der Waals surface area contributed by atoms with Gasteiger partial charge in [0.2, 0.25) is 0 Å². The highest BCUT2D eigenvalue weighted by Crippen LogP contribution is 2.25. The number of ether oxygens (including phenoxy) is 1. The Balaban J connectivity index is 1.70. The SMILES string of the molecule is COc1ccccc1CN[C@@H]1CCCN[C@@H]1c1ccc(F)cc1. The molecule has 0 aromatic heterocycles. The fourth-order valence-electron chi connectivity index (χ4n) is 3.22. The van der Waals surface area contributed by atoms with Crippen LogP contribution < -0.4 is 15.4 Å². The first-order valence-corrected chi connectivity index (χ1v) is 8.12. The molecular weight excluding hydrogens is 291 g/mol. The van der Waals surface area contributed by atoms with E-state index in [0.717, 1.165) is 42.8 Å². The van der Waals surface area contributed by atoms with Gasteiger partial charge in [-0.1, -0.05) is 30.3 Å². The van der Waals surface area contributed by atoms with Crippen LogP contribution in [-0.4, -0.2) is 19.7 Å². The van der Waals surface area contributed by atoms with Crippen molar-refractivity contribution in [1.82, 2.24) is 10.6 Å². The Bertz CT molecular complexity index is 630. The summed E-state index contributed by atoms with van der Waals surface area (Å²) in [7, 11) is 1.70. The summed E-state index contributed by atoms with van der Waals surface area (Å²) in [5, 5.41) is 7.19. The van der Waals surface area contributed by atoms with Gasteiger partial charge in [-0.2, -0.15) is 0 Å². The summed E-state index contributed by atoms with van der Waals surface area (Å²) in [5.74, 6) is 0.713. The lowest BCUT2D eigenvalue weighted by atomic mass is 9.92. The van der Waals surface area contributed by atoms with Gasteiger partial charge in [0.1, 0.15) is 11.6 Å². The van der Waals surface area contributed by atoms with E-state index in [0.29, 0.717) is 6.04 Å². The molecule has 0 bridgehead atoms. The summed E-state index contributed by atoms with van der Waals surface area (Å²) in [6, 6.07) is 15.4. The summed E-state index contributed by atoms with van der Waals surface area (Å²) in [6.45, 7) is 1.75. The lowest BCUT2D eigenvalue weighted by Gasteiger charge is -2.34. The number of piperidine rings is 1. The van der Waals surface area contributed by atoms with Crippen LogP contribution in [0.3, 0.4) is 0 Å². The third kappa shape index (κ3) is 3.89. The maximum absolute atomic E-state index is 13.2. The minimum atomic E-state index is -0.192. The van der Waals surface area contributed by atoms with Gasteiger partial charge >= 0.3 is 0 Å². The Hall–Kier alpha value is -1.91. The van der Waals surface area contributed by atoms with Gasteiger partial charge in [0, 0.05) is 24.2 Å². The highest BCUT2D eigenvalue weighted by molar-refractivity contribution is 5.33. The molecule has 0 saturated carbocycles. The lowest BCUT2D eigenvalue weighted by Crippen LogP contribution is -2.45. The van der Waals surface area contributed by atoms with Gasteiger partial charge < -0.3 is 15.4 Å². The van der Waals surface area contributed by atoms with Crippen LogP contribution in [0.5, 0.6) is 5.75 Å². The molecular formula is C19H23FN2O. The minimum Gasteiger partial charge on any atom is -0.496 e. The van der Waals surface area contributed by atoms with E-state index in [1.165, 1.54) is 12.1 Å².